The first-order valence-electron chi connectivity index (χ1n) is 10.3. The molecule has 1 amide bonds. The highest BCUT2D eigenvalue weighted by Gasteiger charge is 2.57. The van der Waals surface area contributed by atoms with Crippen molar-refractivity contribution in [1.29, 1.82) is 0 Å². The molecule has 3 fully saturated rings. The van der Waals surface area contributed by atoms with Crippen molar-refractivity contribution >= 4 is 5.91 Å². The van der Waals surface area contributed by atoms with Gasteiger partial charge in [0.2, 0.25) is 5.91 Å². The molecule has 1 saturated carbocycles. The fraction of sp³-hybridized carbons (Fsp3) is 0.682. The zero-order chi connectivity index (χ0) is 18.0. The highest BCUT2D eigenvalue weighted by Crippen LogP contribution is 2.56. The number of rotatable bonds is 6. The van der Waals surface area contributed by atoms with Crippen LogP contribution in [-0.4, -0.2) is 61.6 Å². The second-order valence-electron chi connectivity index (χ2n) is 8.50. The molecule has 1 aliphatic carbocycles. The first kappa shape index (κ1) is 18.0. The van der Waals surface area contributed by atoms with Crippen molar-refractivity contribution in [1.82, 2.24) is 9.80 Å². The summed E-state index contributed by atoms with van der Waals surface area (Å²) in [6.07, 6.45) is 7.09. The molecular weight excluding hydrogens is 324 g/mol. The minimum atomic E-state index is 0.290. The third-order valence-electron chi connectivity index (χ3n) is 7.01. The minimum absolute atomic E-state index is 0.290. The van der Waals surface area contributed by atoms with Crippen LogP contribution in [0.15, 0.2) is 30.3 Å². The molecule has 1 aromatic rings. The molecule has 26 heavy (non-hydrogen) atoms. The summed E-state index contributed by atoms with van der Waals surface area (Å²) in [4.78, 5) is 17.4. The average molecular weight is 357 g/mol. The molecule has 2 heterocycles. The van der Waals surface area contributed by atoms with Crippen LogP contribution in [-0.2, 0) is 16.0 Å². The molecule has 4 rings (SSSR count). The molecule has 0 aromatic heterocycles. The Bertz CT molecular complexity index is 606. The Balaban J connectivity index is 1.31. The zero-order valence-corrected chi connectivity index (χ0v) is 16.0. The molecule has 1 unspecified atom stereocenters. The van der Waals surface area contributed by atoms with Crippen LogP contribution in [0.5, 0.6) is 0 Å². The van der Waals surface area contributed by atoms with Crippen molar-refractivity contribution in [3.05, 3.63) is 35.9 Å². The second-order valence-corrected chi connectivity index (χ2v) is 8.50. The molecule has 0 radical (unpaired) electrons. The second kappa shape index (κ2) is 7.69. The third kappa shape index (κ3) is 3.41. The number of carbonyl (C=O) groups is 1. The topological polar surface area (TPSA) is 32.8 Å². The Labute approximate surface area is 157 Å². The summed E-state index contributed by atoms with van der Waals surface area (Å²) < 4.78 is 5.31. The van der Waals surface area contributed by atoms with Crippen LogP contribution >= 0.6 is 0 Å². The highest BCUT2D eigenvalue weighted by atomic mass is 16.5. The maximum absolute atomic E-state index is 12.6. The number of ether oxygens (including phenoxy) is 1. The number of amides is 1. The van der Waals surface area contributed by atoms with E-state index in [4.69, 9.17) is 4.74 Å². The lowest BCUT2D eigenvalue weighted by molar-refractivity contribution is -0.162. The summed E-state index contributed by atoms with van der Waals surface area (Å²) in [6, 6.07) is 10.9. The standard InChI is InChI=1S/C22H32N2O2/c1-26-15-14-24-17-22(10-5-11-22)21(24)19-8-12-23(13-9-19)20(25)16-18-6-3-2-4-7-18/h2-4,6-7,19,21H,5,8-17H2,1H3. The smallest absolute Gasteiger partial charge is 0.226 e. The van der Waals surface area contributed by atoms with Crippen LogP contribution in [0.4, 0.5) is 0 Å². The number of hydrogen-bond acceptors (Lipinski definition) is 3. The predicted molar refractivity (Wildman–Crippen MR) is 103 cm³/mol. The number of methoxy groups -OCH3 is 1. The van der Waals surface area contributed by atoms with Gasteiger partial charge in [-0.3, -0.25) is 9.69 Å². The minimum Gasteiger partial charge on any atom is -0.383 e. The van der Waals surface area contributed by atoms with Gasteiger partial charge in [-0.15, -0.1) is 0 Å². The van der Waals surface area contributed by atoms with Crippen LogP contribution < -0.4 is 0 Å². The summed E-state index contributed by atoms with van der Waals surface area (Å²) in [7, 11) is 1.80. The van der Waals surface area contributed by atoms with Gasteiger partial charge >= 0.3 is 0 Å². The van der Waals surface area contributed by atoms with Crippen LogP contribution in [0.25, 0.3) is 0 Å². The largest absolute Gasteiger partial charge is 0.383 e. The van der Waals surface area contributed by atoms with E-state index < -0.39 is 0 Å². The van der Waals surface area contributed by atoms with Gasteiger partial charge in [-0.2, -0.15) is 0 Å². The highest BCUT2D eigenvalue weighted by molar-refractivity contribution is 5.78. The normalized spacial score (nSPS) is 25.7. The maximum Gasteiger partial charge on any atom is 0.226 e. The Morgan fingerprint density at radius 3 is 2.54 bits per heavy atom. The van der Waals surface area contributed by atoms with E-state index in [1.165, 1.54) is 25.8 Å². The Morgan fingerprint density at radius 2 is 1.92 bits per heavy atom. The van der Waals surface area contributed by atoms with E-state index in [1.807, 2.05) is 30.3 Å². The van der Waals surface area contributed by atoms with Crippen molar-refractivity contribution in [3.63, 3.8) is 0 Å². The quantitative estimate of drug-likeness (QED) is 0.786. The van der Waals surface area contributed by atoms with Crippen molar-refractivity contribution in [2.75, 3.05) is 39.9 Å². The van der Waals surface area contributed by atoms with Crippen molar-refractivity contribution in [2.45, 2.75) is 44.6 Å². The van der Waals surface area contributed by atoms with Gasteiger partial charge in [0.1, 0.15) is 0 Å². The summed E-state index contributed by atoms with van der Waals surface area (Å²) in [5.74, 6) is 1.04. The van der Waals surface area contributed by atoms with Crippen LogP contribution in [0.3, 0.4) is 0 Å². The molecule has 142 valence electrons. The first-order chi connectivity index (χ1) is 12.7. The number of benzene rings is 1. The Kier molecular flexibility index (Phi) is 5.32. The Hall–Kier alpha value is -1.39. The van der Waals surface area contributed by atoms with Gasteiger partial charge < -0.3 is 9.64 Å². The molecular formula is C22H32N2O2. The molecule has 0 bridgehead atoms. The summed E-state index contributed by atoms with van der Waals surface area (Å²) in [5, 5.41) is 0. The van der Waals surface area contributed by atoms with E-state index in [-0.39, 0.29) is 5.91 Å². The van der Waals surface area contributed by atoms with Gasteiger partial charge in [0, 0.05) is 39.3 Å². The third-order valence-corrected chi connectivity index (χ3v) is 7.01. The lowest BCUT2D eigenvalue weighted by atomic mass is 9.54. The SMILES string of the molecule is COCCN1CC2(CCC2)C1C1CCN(C(=O)Cc2ccccc2)CC1. The van der Waals surface area contributed by atoms with Crippen LogP contribution in [0.1, 0.15) is 37.7 Å². The van der Waals surface area contributed by atoms with E-state index in [1.54, 1.807) is 7.11 Å². The van der Waals surface area contributed by atoms with Gasteiger partial charge in [0.25, 0.3) is 0 Å². The monoisotopic (exact) mass is 356 g/mol. The summed E-state index contributed by atoms with van der Waals surface area (Å²) in [6.45, 7) is 5.04. The molecule has 0 N–H and O–H groups in total. The maximum atomic E-state index is 12.6. The molecule has 2 saturated heterocycles. The lowest BCUT2D eigenvalue weighted by Gasteiger charge is -2.65. The first-order valence-corrected chi connectivity index (χ1v) is 10.3. The number of nitrogens with zero attached hydrogens (tertiary/aromatic N) is 2. The molecule has 4 heteroatoms. The number of likely N-dealkylation sites (tertiary alicyclic amines) is 2. The van der Waals surface area contributed by atoms with Gasteiger partial charge in [-0.25, -0.2) is 0 Å². The fourth-order valence-electron chi connectivity index (χ4n) is 5.53. The predicted octanol–water partition coefficient (Wildman–Crippen LogP) is 2.97. The number of piperidine rings is 1. The molecule has 2 aliphatic heterocycles. The van der Waals surface area contributed by atoms with Crippen molar-refractivity contribution < 1.29 is 9.53 Å². The molecule has 1 aromatic carbocycles. The van der Waals surface area contributed by atoms with E-state index in [0.717, 1.165) is 56.6 Å². The fourth-order valence-corrected chi connectivity index (χ4v) is 5.53. The molecule has 1 spiro atoms. The van der Waals surface area contributed by atoms with Crippen molar-refractivity contribution in [3.8, 4) is 0 Å². The van der Waals surface area contributed by atoms with Crippen LogP contribution in [0.2, 0.25) is 0 Å². The molecule has 1 atom stereocenters. The molecule has 4 nitrogen and oxygen atoms in total. The number of carbonyl (C=O) groups excluding carboxylic acids is 1. The number of hydrogen-bond donors (Lipinski definition) is 0. The van der Waals surface area contributed by atoms with Gasteiger partial charge in [0.15, 0.2) is 0 Å². The van der Waals surface area contributed by atoms with E-state index in [0.29, 0.717) is 11.8 Å². The lowest BCUT2D eigenvalue weighted by Crippen LogP contribution is -2.70. The van der Waals surface area contributed by atoms with Crippen molar-refractivity contribution in [2.24, 2.45) is 11.3 Å². The van der Waals surface area contributed by atoms with E-state index in [2.05, 4.69) is 9.80 Å². The van der Waals surface area contributed by atoms with E-state index in [9.17, 15) is 4.79 Å². The van der Waals surface area contributed by atoms with Gasteiger partial charge in [-0.1, -0.05) is 36.8 Å². The van der Waals surface area contributed by atoms with E-state index >= 15 is 0 Å². The van der Waals surface area contributed by atoms with Gasteiger partial charge in [0.05, 0.1) is 13.0 Å². The molecule has 3 aliphatic rings. The Morgan fingerprint density at radius 1 is 1.19 bits per heavy atom. The summed E-state index contributed by atoms with van der Waals surface area (Å²) in [5.41, 5.74) is 1.73. The van der Waals surface area contributed by atoms with Crippen LogP contribution in [0, 0.1) is 11.3 Å². The zero-order valence-electron chi connectivity index (χ0n) is 16.0. The van der Waals surface area contributed by atoms with Gasteiger partial charge in [-0.05, 0) is 42.6 Å². The average Bonchev–Trinajstić information content (AvgIpc) is 2.61. The summed E-state index contributed by atoms with van der Waals surface area (Å²) >= 11 is 0.